The molecule has 2 unspecified atom stereocenters. The van der Waals surface area contributed by atoms with Gasteiger partial charge in [-0.15, -0.1) is 0 Å². The zero-order chi connectivity index (χ0) is 13.1. The Morgan fingerprint density at radius 2 is 1.89 bits per heavy atom. The minimum Gasteiger partial charge on any atom is -0.348 e. The largest absolute Gasteiger partial charge is 0.348 e. The summed E-state index contributed by atoms with van der Waals surface area (Å²) in [6.07, 6.45) is 1.06. The van der Waals surface area contributed by atoms with Gasteiger partial charge in [0.15, 0.2) is 0 Å². The van der Waals surface area contributed by atoms with Gasteiger partial charge in [-0.1, -0.05) is 24.1 Å². The van der Waals surface area contributed by atoms with E-state index in [0.717, 1.165) is 36.2 Å². The van der Waals surface area contributed by atoms with Crippen LogP contribution in [-0.4, -0.2) is 25.0 Å². The Morgan fingerprint density at radius 1 is 1.22 bits per heavy atom. The van der Waals surface area contributed by atoms with Crippen LogP contribution in [0.2, 0.25) is 0 Å². The molecular weight excluding hydrogens is 224 g/mol. The van der Waals surface area contributed by atoms with Crippen molar-refractivity contribution in [3.05, 3.63) is 34.9 Å². The highest BCUT2D eigenvalue weighted by Gasteiger charge is 2.20. The van der Waals surface area contributed by atoms with E-state index in [1.54, 1.807) is 0 Å². The first-order valence-corrected chi connectivity index (χ1v) is 6.64. The minimum absolute atomic E-state index is 0.0442. The van der Waals surface area contributed by atoms with Crippen LogP contribution in [0.4, 0.5) is 0 Å². The van der Waals surface area contributed by atoms with Crippen LogP contribution in [0.5, 0.6) is 0 Å². The lowest BCUT2D eigenvalue weighted by Gasteiger charge is -2.28. The second kappa shape index (κ2) is 5.53. The first-order valence-electron chi connectivity index (χ1n) is 6.64. The highest BCUT2D eigenvalue weighted by Crippen LogP contribution is 2.12. The molecule has 1 aliphatic heterocycles. The fourth-order valence-corrected chi connectivity index (χ4v) is 2.64. The predicted octanol–water partition coefficient (Wildman–Crippen LogP) is 2.03. The lowest BCUT2D eigenvalue weighted by Crippen LogP contribution is -2.48. The molecule has 1 aliphatic rings. The summed E-state index contributed by atoms with van der Waals surface area (Å²) in [5, 5.41) is 6.47. The molecule has 1 aromatic rings. The predicted molar refractivity (Wildman–Crippen MR) is 73.8 cm³/mol. The van der Waals surface area contributed by atoms with Crippen molar-refractivity contribution in [2.24, 2.45) is 5.92 Å². The highest BCUT2D eigenvalue weighted by molar-refractivity contribution is 5.94. The number of rotatable bonds is 2. The van der Waals surface area contributed by atoms with E-state index >= 15 is 0 Å². The molecule has 0 spiro atoms. The number of hydrogen-bond acceptors (Lipinski definition) is 2. The molecule has 1 saturated heterocycles. The molecule has 0 saturated carbocycles. The topological polar surface area (TPSA) is 41.1 Å². The number of aryl methyl sites for hydroxylation is 2. The maximum absolute atomic E-state index is 12.2. The number of nitrogens with one attached hydrogen (secondary N) is 2. The number of carbonyl (C=O) groups is 1. The monoisotopic (exact) mass is 246 g/mol. The smallest absolute Gasteiger partial charge is 0.251 e. The summed E-state index contributed by atoms with van der Waals surface area (Å²) in [5.74, 6) is 0.672. The van der Waals surface area contributed by atoms with Gasteiger partial charge in [0.05, 0.1) is 0 Å². The van der Waals surface area contributed by atoms with Crippen LogP contribution in [0, 0.1) is 19.8 Å². The molecule has 0 aromatic heterocycles. The third kappa shape index (κ3) is 3.33. The van der Waals surface area contributed by atoms with Crippen LogP contribution in [-0.2, 0) is 0 Å². The fourth-order valence-electron chi connectivity index (χ4n) is 2.64. The van der Waals surface area contributed by atoms with Crippen molar-refractivity contribution in [1.29, 1.82) is 0 Å². The summed E-state index contributed by atoms with van der Waals surface area (Å²) in [5.41, 5.74) is 3.04. The van der Waals surface area contributed by atoms with Crippen molar-refractivity contribution < 1.29 is 4.79 Å². The number of amides is 1. The molecular formula is C15H22N2O. The van der Waals surface area contributed by atoms with Gasteiger partial charge in [-0.05, 0) is 44.9 Å². The number of hydrogen-bond donors (Lipinski definition) is 2. The van der Waals surface area contributed by atoms with Crippen molar-refractivity contribution in [3.8, 4) is 0 Å². The molecule has 1 amide bonds. The summed E-state index contributed by atoms with van der Waals surface area (Å²) in [6, 6.07) is 6.23. The molecule has 1 heterocycles. The van der Waals surface area contributed by atoms with E-state index in [9.17, 15) is 4.79 Å². The van der Waals surface area contributed by atoms with Gasteiger partial charge in [0, 0.05) is 18.2 Å². The van der Waals surface area contributed by atoms with Crippen LogP contribution in [0.3, 0.4) is 0 Å². The van der Waals surface area contributed by atoms with Gasteiger partial charge < -0.3 is 10.6 Å². The Bertz CT molecular complexity index is 422. The van der Waals surface area contributed by atoms with Crippen LogP contribution in [0.1, 0.15) is 34.8 Å². The highest BCUT2D eigenvalue weighted by atomic mass is 16.1. The fraction of sp³-hybridized carbons (Fsp3) is 0.533. The third-order valence-electron chi connectivity index (χ3n) is 3.39. The van der Waals surface area contributed by atoms with E-state index in [-0.39, 0.29) is 11.9 Å². The molecule has 3 heteroatoms. The van der Waals surface area contributed by atoms with Gasteiger partial charge in [0.1, 0.15) is 0 Å². The van der Waals surface area contributed by atoms with E-state index in [4.69, 9.17) is 0 Å². The van der Waals surface area contributed by atoms with Crippen LogP contribution >= 0.6 is 0 Å². The first kappa shape index (κ1) is 13.1. The number of carbonyl (C=O) groups excluding carboxylic acids is 1. The Hall–Kier alpha value is -1.35. The molecule has 1 aromatic carbocycles. The van der Waals surface area contributed by atoms with Crippen molar-refractivity contribution in [2.45, 2.75) is 33.2 Å². The normalized spacial score (nSPS) is 23.7. The van der Waals surface area contributed by atoms with E-state index in [0.29, 0.717) is 5.92 Å². The van der Waals surface area contributed by atoms with E-state index in [2.05, 4.69) is 23.6 Å². The van der Waals surface area contributed by atoms with Crippen LogP contribution in [0.15, 0.2) is 18.2 Å². The average Bonchev–Trinajstić information content (AvgIpc) is 2.27. The molecule has 0 radical (unpaired) electrons. The molecule has 18 heavy (non-hydrogen) atoms. The number of benzene rings is 1. The molecule has 2 atom stereocenters. The maximum atomic E-state index is 12.2. The summed E-state index contributed by atoms with van der Waals surface area (Å²) in [4.78, 5) is 12.2. The Labute approximate surface area is 109 Å². The molecule has 0 aliphatic carbocycles. The lowest BCUT2D eigenvalue weighted by molar-refractivity contribution is 0.0925. The van der Waals surface area contributed by atoms with Gasteiger partial charge in [-0.2, -0.15) is 0 Å². The lowest BCUT2D eigenvalue weighted by atomic mass is 9.97. The summed E-state index contributed by atoms with van der Waals surface area (Å²) >= 11 is 0. The molecule has 2 N–H and O–H groups in total. The maximum Gasteiger partial charge on any atom is 0.251 e. The van der Waals surface area contributed by atoms with Crippen molar-refractivity contribution in [2.75, 3.05) is 13.1 Å². The van der Waals surface area contributed by atoms with E-state index in [1.165, 1.54) is 0 Å². The minimum atomic E-state index is 0.0442. The number of piperidine rings is 1. The SMILES string of the molecule is Cc1cc(C)cc(C(=O)NC2CNCC(C)C2)c1. The van der Waals surface area contributed by atoms with Crippen molar-refractivity contribution in [3.63, 3.8) is 0 Å². The van der Waals surface area contributed by atoms with Crippen LogP contribution in [0.25, 0.3) is 0 Å². The quantitative estimate of drug-likeness (QED) is 0.838. The standard InChI is InChI=1S/C15H22N2O/c1-10-4-11(2)6-13(5-10)15(18)17-14-7-12(3)8-16-9-14/h4-6,12,14,16H,7-9H2,1-3H3,(H,17,18). The van der Waals surface area contributed by atoms with Gasteiger partial charge in [0.25, 0.3) is 5.91 Å². The molecule has 3 nitrogen and oxygen atoms in total. The van der Waals surface area contributed by atoms with Crippen LogP contribution < -0.4 is 10.6 Å². The molecule has 2 rings (SSSR count). The molecule has 98 valence electrons. The summed E-state index contributed by atoms with van der Waals surface area (Å²) in [7, 11) is 0. The Morgan fingerprint density at radius 3 is 2.50 bits per heavy atom. The van der Waals surface area contributed by atoms with Crippen molar-refractivity contribution >= 4 is 5.91 Å². The zero-order valence-electron chi connectivity index (χ0n) is 11.4. The zero-order valence-corrected chi connectivity index (χ0v) is 11.4. The van der Waals surface area contributed by atoms with Gasteiger partial charge >= 0.3 is 0 Å². The van der Waals surface area contributed by atoms with E-state index in [1.807, 2.05) is 26.0 Å². The molecule has 0 bridgehead atoms. The van der Waals surface area contributed by atoms with Gasteiger partial charge in [0.2, 0.25) is 0 Å². The van der Waals surface area contributed by atoms with E-state index < -0.39 is 0 Å². The molecule has 1 fully saturated rings. The summed E-state index contributed by atoms with van der Waals surface area (Å²) < 4.78 is 0. The average molecular weight is 246 g/mol. The summed E-state index contributed by atoms with van der Waals surface area (Å²) in [6.45, 7) is 8.18. The van der Waals surface area contributed by atoms with Gasteiger partial charge in [-0.25, -0.2) is 0 Å². The van der Waals surface area contributed by atoms with Gasteiger partial charge in [-0.3, -0.25) is 4.79 Å². The first-order chi connectivity index (χ1) is 8.54. The second-order valence-electron chi connectivity index (χ2n) is 5.55. The third-order valence-corrected chi connectivity index (χ3v) is 3.39. The second-order valence-corrected chi connectivity index (χ2v) is 5.55. The van der Waals surface area contributed by atoms with Crippen molar-refractivity contribution in [1.82, 2.24) is 10.6 Å². The Kier molecular flexibility index (Phi) is 4.02. The Balaban J connectivity index is 2.02.